The van der Waals surface area contributed by atoms with E-state index in [-0.39, 0.29) is 12.1 Å². The van der Waals surface area contributed by atoms with Crippen LogP contribution in [0.4, 0.5) is 4.79 Å². The van der Waals surface area contributed by atoms with Crippen molar-refractivity contribution in [2.24, 2.45) is 0 Å². The van der Waals surface area contributed by atoms with Crippen LogP contribution in [0.25, 0.3) is 0 Å². The highest BCUT2D eigenvalue weighted by molar-refractivity contribution is 5.74. The summed E-state index contributed by atoms with van der Waals surface area (Å²) in [6.07, 6.45) is 0.789. The van der Waals surface area contributed by atoms with Crippen LogP contribution < -0.4 is 10.1 Å². The number of methoxy groups -OCH3 is 1. The highest BCUT2D eigenvalue weighted by atomic mass is 16.5. The summed E-state index contributed by atoms with van der Waals surface area (Å²) >= 11 is 0. The monoisotopic (exact) mass is 367 g/mol. The molecule has 2 amide bonds. The molecule has 0 aliphatic carbocycles. The number of piperazine rings is 1. The van der Waals surface area contributed by atoms with Crippen molar-refractivity contribution in [2.45, 2.75) is 25.9 Å². The van der Waals surface area contributed by atoms with Crippen LogP contribution in [-0.4, -0.2) is 55.2 Å². The Morgan fingerprint density at radius 2 is 1.74 bits per heavy atom. The number of rotatable bonds is 6. The molecule has 2 aromatic rings. The molecule has 1 fully saturated rings. The summed E-state index contributed by atoms with van der Waals surface area (Å²) in [6.45, 7) is 6.35. The lowest BCUT2D eigenvalue weighted by Crippen LogP contribution is -2.53. The Kier molecular flexibility index (Phi) is 6.71. The van der Waals surface area contributed by atoms with Crippen molar-refractivity contribution >= 4 is 6.03 Å². The molecule has 1 aliphatic heterocycles. The number of hydrogen-bond acceptors (Lipinski definition) is 3. The summed E-state index contributed by atoms with van der Waals surface area (Å²) in [4.78, 5) is 16.9. The Labute approximate surface area is 161 Å². The molecule has 0 aromatic heterocycles. The standard InChI is InChI=1S/C22H29N3O2/c1-18(15-20-9-6-10-21(16-20)27-2)23-22(26)25-13-11-24(12-14-25)17-19-7-4-3-5-8-19/h3-10,16,18H,11-15,17H2,1-2H3,(H,23,26). The van der Waals surface area contributed by atoms with E-state index in [1.807, 2.05) is 36.1 Å². The second kappa shape index (κ2) is 9.42. The van der Waals surface area contributed by atoms with Gasteiger partial charge in [0.15, 0.2) is 0 Å². The Bertz CT molecular complexity index is 727. The predicted molar refractivity (Wildman–Crippen MR) is 108 cm³/mol. The molecule has 1 saturated heterocycles. The molecule has 1 aliphatic rings. The van der Waals surface area contributed by atoms with Crippen molar-refractivity contribution in [2.75, 3.05) is 33.3 Å². The molecule has 5 heteroatoms. The maximum atomic E-state index is 12.6. The third kappa shape index (κ3) is 5.73. The maximum Gasteiger partial charge on any atom is 0.317 e. The van der Waals surface area contributed by atoms with Gasteiger partial charge in [-0.05, 0) is 36.6 Å². The summed E-state index contributed by atoms with van der Waals surface area (Å²) in [5.74, 6) is 0.848. The van der Waals surface area contributed by atoms with Crippen LogP contribution in [0, 0.1) is 0 Å². The molecule has 3 rings (SSSR count). The molecule has 0 bridgehead atoms. The van der Waals surface area contributed by atoms with Crippen molar-refractivity contribution in [1.82, 2.24) is 15.1 Å². The number of carbonyl (C=O) groups excluding carboxylic acids is 1. The van der Waals surface area contributed by atoms with Gasteiger partial charge in [-0.2, -0.15) is 0 Å². The summed E-state index contributed by atoms with van der Waals surface area (Å²) in [6, 6.07) is 18.6. The van der Waals surface area contributed by atoms with E-state index in [1.54, 1.807) is 7.11 Å². The number of nitrogens with zero attached hydrogens (tertiary/aromatic N) is 2. The minimum Gasteiger partial charge on any atom is -0.497 e. The van der Waals surface area contributed by atoms with E-state index in [0.29, 0.717) is 0 Å². The number of amides is 2. The number of carbonyl (C=O) groups is 1. The van der Waals surface area contributed by atoms with Crippen LogP contribution >= 0.6 is 0 Å². The normalized spacial score (nSPS) is 16.0. The number of benzene rings is 2. The molecular formula is C22H29N3O2. The van der Waals surface area contributed by atoms with Gasteiger partial charge in [0, 0.05) is 38.8 Å². The van der Waals surface area contributed by atoms with Crippen LogP contribution in [0.2, 0.25) is 0 Å². The largest absolute Gasteiger partial charge is 0.497 e. The third-order valence-corrected chi connectivity index (χ3v) is 4.95. The molecule has 1 unspecified atom stereocenters. The van der Waals surface area contributed by atoms with Crippen molar-refractivity contribution in [3.8, 4) is 5.75 Å². The first-order valence-corrected chi connectivity index (χ1v) is 9.58. The molecule has 1 heterocycles. The first kappa shape index (κ1) is 19.2. The molecule has 27 heavy (non-hydrogen) atoms. The second-order valence-corrected chi connectivity index (χ2v) is 7.15. The zero-order valence-corrected chi connectivity index (χ0v) is 16.2. The average molecular weight is 367 g/mol. The minimum absolute atomic E-state index is 0.0322. The van der Waals surface area contributed by atoms with Gasteiger partial charge in [0.1, 0.15) is 5.75 Å². The third-order valence-electron chi connectivity index (χ3n) is 4.95. The maximum absolute atomic E-state index is 12.6. The van der Waals surface area contributed by atoms with Gasteiger partial charge in [0.25, 0.3) is 0 Å². The number of urea groups is 1. The fraction of sp³-hybridized carbons (Fsp3) is 0.409. The number of hydrogen-bond donors (Lipinski definition) is 1. The lowest BCUT2D eigenvalue weighted by molar-refractivity contribution is 0.133. The minimum atomic E-state index is 0.0322. The first-order chi connectivity index (χ1) is 13.1. The molecule has 2 aromatic carbocycles. The molecule has 1 atom stereocenters. The van der Waals surface area contributed by atoms with Gasteiger partial charge in [-0.1, -0.05) is 42.5 Å². The lowest BCUT2D eigenvalue weighted by atomic mass is 10.1. The zero-order chi connectivity index (χ0) is 19.1. The molecule has 5 nitrogen and oxygen atoms in total. The molecular weight excluding hydrogens is 338 g/mol. The van der Waals surface area contributed by atoms with Gasteiger partial charge in [0.2, 0.25) is 0 Å². The number of ether oxygens (including phenoxy) is 1. The van der Waals surface area contributed by atoms with Crippen LogP contribution in [-0.2, 0) is 13.0 Å². The molecule has 0 spiro atoms. The summed E-state index contributed by atoms with van der Waals surface area (Å²) in [7, 11) is 1.67. The second-order valence-electron chi connectivity index (χ2n) is 7.15. The SMILES string of the molecule is COc1cccc(CC(C)NC(=O)N2CCN(Cc3ccccc3)CC2)c1. The highest BCUT2D eigenvalue weighted by Gasteiger charge is 2.22. The Hall–Kier alpha value is -2.53. The van der Waals surface area contributed by atoms with Crippen molar-refractivity contribution in [1.29, 1.82) is 0 Å². The van der Waals surface area contributed by atoms with E-state index in [9.17, 15) is 4.79 Å². The fourth-order valence-corrected chi connectivity index (χ4v) is 3.46. The van der Waals surface area contributed by atoms with Gasteiger partial charge < -0.3 is 15.0 Å². The van der Waals surface area contributed by atoms with Gasteiger partial charge in [0.05, 0.1) is 7.11 Å². The highest BCUT2D eigenvalue weighted by Crippen LogP contribution is 2.14. The Balaban J connectivity index is 1.43. The smallest absolute Gasteiger partial charge is 0.317 e. The van der Waals surface area contributed by atoms with Crippen molar-refractivity contribution in [3.63, 3.8) is 0 Å². The van der Waals surface area contributed by atoms with E-state index in [0.717, 1.165) is 50.5 Å². The van der Waals surface area contributed by atoms with Crippen LogP contribution in [0.15, 0.2) is 54.6 Å². The van der Waals surface area contributed by atoms with Gasteiger partial charge in [-0.3, -0.25) is 4.90 Å². The molecule has 1 N–H and O–H groups in total. The fourth-order valence-electron chi connectivity index (χ4n) is 3.46. The first-order valence-electron chi connectivity index (χ1n) is 9.58. The zero-order valence-electron chi connectivity index (χ0n) is 16.2. The average Bonchev–Trinajstić information content (AvgIpc) is 2.69. The van der Waals surface area contributed by atoms with E-state index in [2.05, 4.69) is 40.5 Å². The van der Waals surface area contributed by atoms with E-state index < -0.39 is 0 Å². The van der Waals surface area contributed by atoms with Crippen LogP contribution in [0.5, 0.6) is 5.75 Å². The van der Waals surface area contributed by atoms with E-state index in [1.165, 1.54) is 5.56 Å². The van der Waals surface area contributed by atoms with Crippen LogP contribution in [0.3, 0.4) is 0 Å². The van der Waals surface area contributed by atoms with Gasteiger partial charge in [-0.25, -0.2) is 4.79 Å². The van der Waals surface area contributed by atoms with Crippen molar-refractivity contribution < 1.29 is 9.53 Å². The van der Waals surface area contributed by atoms with Gasteiger partial charge in [-0.15, -0.1) is 0 Å². The summed E-state index contributed by atoms with van der Waals surface area (Å²) in [5.41, 5.74) is 2.48. The Morgan fingerprint density at radius 1 is 1.04 bits per heavy atom. The summed E-state index contributed by atoms with van der Waals surface area (Å²) < 4.78 is 5.27. The molecule has 144 valence electrons. The van der Waals surface area contributed by atoms with E-state index in [4.69, 9.17) is 4.74 Å². The predicted octanol–water partition coefficient (Wildman–Crippen LogP) is 3.15. The Morgan fingerprint density at radius 3 is 2.44 bits per heavy atom. The number of nitrogens with one attached hydrogen (secondary N) is 1. The van der Waals surface area contributed by atoms with Crippen LogP contribution in [0.1, 0.15) is 18.1 Å². The van der Waals surface area contributed by atoms with Gasteiger partial charge >= 0.3 is 6.03 Å². The van der Waals surface area contributed by atoms with E-state index >= 15 is 0 Å². The van der Waals surface area contributed by atoms with Crippen molar-refractivity contribution in [3.05, 3.63) is 65.7 Å². The topological polar surface area (TPSA) is 44.8 Å². The quantitative estimate of drug-likeness (QED) is 0.853. The lowest BCUT2D eigenvalue weighted by Gasteiger charge is -2.35. The molecule has 0 saturated carbocycles. The summed E-state index contributed by atoms with van der Waals surface area (Å²) in [5, 5.41) is 3.13. The molecule has 0 radical (unpaired) electrons.